The molecule has 2 unspecified atom stereocenters. The summed E-state index contributed by atoms with van der Waals surface area (Å²) in [6, 6.07) is 0. The molecule has 0 spiro atoms. The van der Waals surface area contributed by atoms with E-state index in [9.17, 15) is 4.39 Å². The minimum absolute atomic E-state index is 0.117. The molecule has 0 aliphatic carbocycles. The zero-order valence-electron chi connectivity index (χ0n) is 4.60. The Bertz CT molecular complexity index is 78.5. The van der Waals surface area contributed by atoms with Gasteiger partial charge in [-0.1, -0.05) is 0 Å². The number of rotatable bonds is 0. The molecule has 1 aliphatic heterocycles. The zero-order valence-corrected chi connectivity index (χ0v) is 6.76. The highest BCUT2D eigenvalue weighted by Gasteiger charge is 2.30. The van der Waals surface area contributed by atoms with Gasteiger partial charge in [-0.15, -0.1) is 0 Å². The number of ether oxygens (including phenoxy) is 1. The van der Waals surface area contributed by atoms with Crippen molar-refractivity contribution in [3.8, 4) is 0 Å². The molecule has 1 nitrogen and oxygen atoms in total. The Morgan fingerprint density at radius 1 is 1.75 bits per heavy atom. The minimum atomic E-state index is -0.745. The lowest BCUT2D eigenvalue weighted by molar-refractivity contribution is 0.103. The predicted octanol–water partition coefficient (Wildman–Crippen LogP) is 1.89. The van der Waals surface area contributed by atoms with Crippen molar-refractivity contribution in [1.82, 2.24) is 0 Å². The summed E-state index contributed by atoms with van der Waals surface area (Å²) in [6.45, 7) is 1.89. The van der Waals surface area contributed by atoms with E-state index in [2.05, 4.69) is 0 Å². The van der Waals surface area contributed by atoms with Crippen LogP contribution in [-0.2, 0) is 4.74 Å². The van der Waals surface area contributed by atoms with Gasteiger partial charge in [-0.3, -0.25) is 0 Å². The highest BCUT2D eigenvalue weighted by atomic mass is 127. The van der Waals surface area contributed by atoms with E-state index >= 15 is 0 Å². The molecule has 48 valence electrons. The summed E-state index contributed by atoms with van der Waals surface area (Å²) in [5, 5.41) is 0. The van der Waals surface area contributed by atoms with Crippen LogP contribution in [0.1, 0.15) is 13.3 Å². The van der Waals surface area contributed by atoms with Crippen LogP contribution in [-0.4, -0.2) is 16.4 Å². The Balaban J connectivity index is 2.39. The van der Waals surface area contributed by atoms with Crippen LogP contribution >= 0.6 is 22.6 Å². The molecule has 0 N–H and O–H groups in total. The SMILES string of the molecule is CC1C[C@@H](F)C(I)O1. The van der Waals surface area contributed by atoms with Crippen LogP contribution in [0.25, 0.3) is 0 Å². The highest BCUT2D eigenvalue weighted by Crippen LogP contribution is 2.26. The second-order valence-electron chi connectivity index (χ2n) is 2.05. The molecule has 3 heteroatoms. The maximum Gasteiger partial charge on any atom is 0.140 e. The average Bonchev–Trinajstić information content (AvgIpc) is 1.85. The first-order valence-electron chi connectivity index (χ1n) is 2.64. The first-order valence-corrected chi connectivity index (χ1v) is 3.88. The average molecular weight is 230 g/mol. The molecule has 0 aromatic carbocycles. The lowest BCUT2D eigenvalue weighted by atomic mass is 10.2. The Kier molecular flexibility index (Phi) is 2.08. The molecule has 1 fully saturated rings. The van der Waals surface area contributed by atoms with Gasteiger partial charge in [0.25, 0.3) is 0 Å². The zero-order chi connectivity index (χ0) is 6.15. The second kappa shape index (κ2) is 2.47. The first-order chi connectivity index (χ1) is 3.70. The Morgan fingerprint density at radius 3 is 2.50 bits per heavy atom. The van der Waals surface area contributed by atoms with E-state index in [4.69, 9.17) is 4.74 Å². The van der Waals surface area contributed by atoms with Gasteiger partial charge in [-0.2, -0.15) is 0 Å². The predicted molar refractivity (Wildman–Crippen MR) is 37.9 cm³/mol. The van der Waals surface area contributed by atoms with Gasteiger partial charge in [0.2, 0.25) is 0 Å². The molecule has 1 aliphatic rings. The molecular weight excluding hydrogens is 222 g/mol. The molecule has 8 heavy (non-hydrogen) atoms. The number of hydrogen-bond donors (Lipinski definition) is 0. The second-order valence-corrected chi connectivity index (χ2v) is 3.28. The minimum Gasteiger partial charge on any atom is -0.362 e. The van der Waals surface area contributed by atoms with Gasteiger partial charge in [0.15, 0.2) is 0 Å². The van der Waals surface area contributed by atoms with E-state index in [1.54, 1.807) is 0 Å². The van der Waals surface area contributed by atoms with Crippen molar-refractivity contribution >= 4 is 22.6 Å². The van der Waals surface area contributed by atoms with Gasteiger partial charge >= 0.3 is 0 Å². The van der Waals surface area contributed by atoms with Crippen molar-refractivity contribution < 1.29 is 9.13 Å². The Morgan fingerprint density at radius 2 is 2.38 bits per heavy atom. The molecule has 1 rings (SSSR count). The van der Waals surface area contributed by atoms with E-state index in [1.165, 1.54) is 0 Å². The van der Waals surface area contributed by atoms with Crippen molar-refractivity contribution in [3.63, 3.8) is 0 Å². The van der Waals surface area contributed by atoms with Crippen molar-refractivity contribution in [1.29, 1.82) is 0 Å². The number of hydrogen-bond acceptors (Lipinski definition) is 1. The molecule has 3 atom stereocenters. The van der Waals surface area contributed by atoms with Crippen molar-refractivity contribution in [2.75, 3.05) is 0 Å². The van der Waals surface area contributed by atoms with E-state index in [-0.39, 0.29) is 10.2 Å². The van der Waals surface area contributed by atoms with Crippen LogP contribution in [0.3, 0.4) is 0 Å². The summed E-state index contributed by atoms with van der Waals surface area (Å²) in [6.07, 6.45) is -0.0642. The molecule has 0 amide bonds. The maximum atomic E-state index is 12.4. The smallest absolute Gasteiger partial charge is 0.140 e. The topological polar surface area (TPSA) is 9.23 Å². The number of alkyl halides is 2. The van der Waals surface area contributed by atoms with Crippen molar-refractivity contribution in [2.45, 2.75) is 29.7 Å². The summed E-state index contributed by atoms with van der Waals surface area (Å²) in [5.41, 5.74) is 0. The first kappa shape index (κ1) is 6.74. The molecule has 0 bridgehead atoms. The lowest BCUT2D eigenvalue weighted by Crippen LogP contribution is -2.06. The fourth-order valence-corrected chi connectivity index (χ4v) is 1.58. The summed E-state index contributed by atoms with van der Waals surface area (Å²) >= 11 is 1.98. The van der Waals surface area contributed by atoms with Gasteiger partial charge in [-0.25, -0.2) is 4.39 Å². The largest absolute Gasteiger partial charge is 0.362 e. The van der Waals surface area contributed by atoms with Gasteiger partial charge in [-0.05, 0) is 29.5 Å². The molecule has 0 saturated carbocycles. The molecule has 1 saturated heterocycles. The molecule has 0 radical (unpaired) electrons. The van der Waals surface area contributed by atoms with Gasteiger partial charge in [0.05, 0.1) is 6.10 Å². The summed E-state index contributed by atoms with van der Waals surface area (Å²) in [7, 11) is 0. The highest BCUT2D eigenvalue weighted by molar-refractivity contribution is 14.1. The van der Waals surface area contributed by atoms with Crippen molar-refractivity contribution in [2.24, 2.45) is 0 Å². The van der Waals surface area contributed by atoms with E-state index in [0.29, 0.717) is 6.42 Å². The number of halogens is 2. The summed E-state index contributed by atoms with van der Waals surface area (Å²) in [5.74, 6) is 0. The molecule has 0 aromatic rings. The monoisotopic (exact) mass is 230 g/mol. The summed E-state index contributed by atoms with van der Waals surface area (Å²) < 4.78 is 17.3. The fraction of sp³-hybridized carbons (Fsp3) is 1.00. The quantitative estimate of drug-likeness (QED) is 0.456. The van der Waals surface area contributed by atoms with Crippen LogP contribution in [0, 0.1) is 0 Å². The molecule has 0 aromatic heterocycles. The van der Waals surface area contributed by atoms with Gasteiger partial charge in [0, 0.05) is 6.42 Å². The van der Waals surface area contributed by atoms with Crippen LogP contribution in [0.5, 0.6) is 0 Å². The standard InChI is InChI=1S/C5H8FIO/c1-3-2-4(6)5(7)8-3/h3-5H,2H2,1H3/t3?,4-,5?/m1/s1. The third-order valence-corrected chi connectivity index (χ3v) is 2.28. The maximum absolute atomic E-state index is 12.4. The van der Waals surface area contributed by atoms with E-state index in [0.717, 1.165) is 0 Å². The van der Waals surface area contributed by atoms with Crippen LogP contribution in [0.2, 0.25) is 0 Å². The normalized spacial score (nSPS) is 47.6. The van der Waals surface area contributed by atoms with E-state index < -0.39 is 6.17 Å². The molecule has 1 heterocycles. The van der Waals surface area contributed by atoms with E-state index in [1.807, 2.05) is 29.5 Å². The summed E-state index contributed by atoms with van der Waals surface area (Å²) in [4.78, 5) is 0. The van der Waals surface area contributed by atoms with Crippen LogP contribution in [0.15, 0.2) is 0 Å². The lowest BCUT2D eigenvalue weighted by Gasteiger charge is -2.00. The molecular formula is C5H8FIO. The van der Waals surface area contributed by atoms with Crippen LogP contribution in [0.4, 0.5) is 4.39 Å². The van der Waals surface area contributed by atoms with Crippen LogP contribution < -0.4 is 0 Å². The Hall–Kier alpha value is 0.620. The van der Waals surface area contributed by atoms with Gasteiger partial charge < -0.3 is 4.74 Å². The Labute approximate surface area is 61.7 Å². The van der Waals surface area contributed by atoms with Crippen molar-refractivity contribution in [3.05, 3.63) is 0 Å². The fourth-order valence-electron chi connectivity index (χ4n) is 0.787. The third-order valence-electron chi connectivity index (χ3n) is 1.20. The van der Waals surface area contributed by atoms with Gasteiger partial charge in [0.1, 0.15) is 10.3 Å². The third kappa shape index (κ3) is 1.31.